The summed E-state index contributed by atoms with van der Waals surface area (Å²) in [4.78, 5) is 15.0. The average molecular weight is 268 g/mol. The van der Waals surface area contributed by atoms with E-state index in [9.17, 15) is 4.79 Å². The first kappa shape index (κ1) is 13.4. The molecule has 20 heavy (non-hydrogen) atoms. The predicted molar refractivity (Wildman–Crippen MR) is 74.8 cm³/mol. The third-order valence-corrected chi connectivity index (χ3v) is 2.84. The second-order valence-electron chi connectivity index (χ2n) is 4.19. The molecule has 1 heterocycles. The molecule has 0 atom stereocenters. The molecule has 1 aromatic carbocycles. The Morgan fingerprint density at radius 3 is 2.85 bits per heavy atom. The minimum atomic E-state index is -1.12. The maximum atomic E-state index is 11.0. The van der Waals surface area contributed by atoms with E-state index < -0.39 is 5.97 Å². The number of aromatic nitrogens is 1. The molecule has 100 valence electrons. The summed E-state index contributed by atoms with van der Waals surface area (Å²) in [5.41, 5.74) is 7.87. The molecule has 0 amide bonds. The van der Waals surface area contributed by atoms with Crippen molar-refractivity contribution in [1.82, 2.24) is 4.98 Å². The second-order valence-corrected chi connectivity index (χ2v) is 4.19. The lowest BCUT2D eigenvalue weighted by molar-refractivity contribution is 0.0698. The van der Waals surface area contributed by atoms with Gasteiger partial charge in [0, 0.05) is 11.9 Å². The lowest BCUT2D eigenvalue weighted by atomic mass is 10.1. The Labute approximate surface area is 115 Å². The first-order valence-corrected chi connectivity index (χ1v) is 5.78. The summed E-state index contributed by atoms with van der Waals surface area (Å²) < 4.78 is 0. The number of benzene rings is 1. The van der Waals surface area contributed by atoms with Crippen LogP contribution in [0.4, 0.5) is 17.2 Å². The van der Waals surface area contributed by atoms with Gasteiger partial charge in [-0.3, -0.25) is 0 Å². The largest absolute Gasteiger partial charge is 0.478 e. The van der Waals surface area contributed by atoms with Crippen LogP contribution in [0.5, 0.6) is 0 Å². The van der Waals surface area contributed by atoms with E-state index in [0.717, 1.165) is 5.56 Å². The zero-order valence-corrected chi connectivity index (χ0v) is 10.7. The summed E-state index contributed by atoms with van der Waals surface area (Å²) in [5.74, 6) is -0.862. The maximum Gasteiger partial charge on any atom is 0.337 e. The van der Waals surface area contributed by atoms with Crippen molar-refractivity contribution in [2.75, 3.05) is 11.1 Å². The Morgan fingerprint density at radius 2 is 2.20 bits per heavy atom. The number of aryl methyl sites for hydroxylation is 1. The van der Waals surface area contributed by atoms with Gasteiger partial charge in [-0.05, 0) is 30.7 Å². The predicted octanol–water partition coefficient (Wildman–Crippen LogP) is 2.29. The number of nitrogens with zero attached hydrogens (tertiary/aromatic N) is 2. The summed E-state index contributed by atoms with van der Waals surface area (Å²) >= 11 is 0. The van der Waals surface area contributed by atoms with Gasteiger partial charge in [0.2, 0.25) is 0 Å². The number of carboxylic acids is 1. The standard InChI is InChI=1S/C14H12N4O2/c1-8-2-3-9(7-15)6-11(8)18-13-12(16)10(14(19)20)4-5-17-13/h2-6H,16H2,1H3,(H,17,18)(H,19,20). The molecule has 0 saturated heterocycles. The normalized spacial score (nSPS) is 9.80. The van der Waals surface area contributed by atoms with Gasteiger partial charge in [0.1, 0.15) is 0 Å². The van der Waals surface area contributed by atoms with E-state index in [1.165, 1.54) is 12.3 Å². The molecule has 4 N–H and O–H groups in total. The van der Waals surface area contributed by atoms with Crippen molar-refractivity contribution in [1.29, 1.82) is 5.26 Å². The molecule has 0 aliphatic rings. The number of hydrogen-bond acceptors (Lipinski definition) is 5. The Morgan fingerprint density at radius 1 is 1.45 bits per heavy atom. The molecule has 1 aromatic heterocycles. The van der Waals surface area contributed by atoms with E-state index in [2.05, 4.69) is 10.3 Å². The number of nitrogens with one attached hydrogen (secondary N) is 1. The van der Waals surface area contributed by atoms with Gasteiger partial charge in [0.25, 0.3) is 0 Å². The smallest absolute Gasteiger partial charge is 0.337 e. The van der Waals surface area contributed by atoms with E-state index in [0.29, 0.717) is 11.3 Å². The molecule has 0 radical (unpaired) electrons. The van der Waals surface area contributed by atoms with Gasteiger partial charge in [-0.25, -0.2) is 9.78 Å². The number of nitrogens with two attached hydrogens (primary N) is 1. The number of nitrogen functional groups attached to an aromatic ring is 1. The van der Waals surface area contributed by atoms with Crippen LogP contribution in [0, 0.1) is 18.3 Å². The second kappa shape index (κ2) is 5.28. The van der Waals surface area contributed by atoms with Gasteiger partial charge in [-0.15, -0.1) is 0 Å². The fraction of sp³-hybridized carbons (Fsp3) is 0.0714. The van der Waals surface area contributed by atoms with Crippen molar-refractivity contribution < 1.29 is 9.90 Å². The number of rotatable bonds is 3. The molecule has 6 heteroatoms. The van der Waals surface area contributed by atoms with Crippen molar-refractivity contribution in [3.63, 3.8) is 0 Å². The van der Waals surface area contributed by atoms with Crippen molar-refractivity contribution >= 4 is 23.2 Å². The minimum absolute atomic E-state index is 0.0170. The van der Waals surface area contributed by atoms with Crippen molar-refractivity contribution in [3.05, 3.63) is 47.2 Å². The molecular formula is C14H12N4O2. The zero-order chi connectivity index (χ0) is 14.7. The lowest BCUT2D eigenvalue weighted by Gasteiger charge is -2.12. The molecule has 0 bridgehead atoms. The molecule has 0 spiro atoms. The van der Waals surface area contributed by atoms with Gasteiger partial charge >= 0.3 is 5.97 Å². The van der Waals surface area contributed by atoms with Crippen LogP contribution < -0.4 is 11.1 Å². The molecular weight excluding hydrogens is 256 g/mol. The van der Waals surface area contributed by atoms with E-state index in [1.807, 2.05) is 13.0 Å². The maximum absolute atomic E-state index is 11.0. The van der Waals surface area contributed by atoms with Gasteiger partial charge in [0.05, 0.1) is 22.9 Å². The molecule has 2 aromatic rings. The molecule has 6 nitrogen and oxygen atoms in total. The highest BCUT2D eigenvalue weighted by molar-refractivity contribution is 5.96. The summed E-state index contributed by atoms with van der Waals surface area (Å²) in [5, 5.41) is 20.9. The zero-order valence-electron chi connectivity index (χ0n) is 10.7. The van der Waals surface area contributed by atoms with Crippen LogP contribution in [0.2, 0.25) is 0 Å². The first-order chi connectivity index (χ1) is 9.52. The quantitative estimate of drug-likeness (QED) is 0.787. The average Bonchev–Trinajstić information content (AvgIpc) is 2.43. The van der Waals surface area contributed by atoms with Gasteiger partial charge < -0.3 is 16.2 Å². The van der Waals surface area contributed by atoms with E-state index in [-0.39, 0.29) is 17.1 Å². The van der Waals surface area contributed by atoms with Crippen LogP contribution >= 0.6 is 0 Å². The number of aromatic carboxylic acids is 1. The summed E-state index contributed by atoms with van der Waals surface area (Å²) in [6, 6.07) is 8.52. The van der Waals surface area contributed by atoms with Gasteiger partial charge in [-0.1, -0.05) is 6.07 Å². The Bertz CT molecular complexity index is 720. The van der Waals surface area contributed by atoms with Gasteiger partial charge in [-0.2, -0.15) is 5.26 Å². The first-order valence-electron chi connectivity index (χ1n) is 5.78. The van der Waals surface area contributed by atoms with E-state index >= 15 is 0 Å². The topological polar surface area (TPSA) is 112 Å². The summed E-state index contributed by atoms with van der Waals surface area (Å²) in [7, 11) is 0. The van der Waals surface area contributed by atoms with Crippen molar-refractivity contribution in [2.24, 2.45) is 0 Å². The number of carbonyl (C=O) groups is 1. The number of nitriles is 1. The Kier molecular flexibility index (Phi) is 3.53. The minimum Gasteiger partial charge on any atom is -0.478 e. The SMILES string of the molecule is Cc1ccc(C#N)cc1Nc1nccc(C(=O)O)c1N. The highest BCUT2D eigenvalue weighted by Gasteiger charge is 2.13. The molecule has 0 aliphatic heterocycles. The van der Waals surface area contributed by atoms with Crippen LogP contribution in [0.3, 0.4) is 0 Å². The third kappa shape index (κ3) is 2.52. The lowest BCUT2D eigenvalue weighted by Crippen LogP contribution is -2.07. The van der Waals surface area contributed by atoms with Crippen LogP contribution in [0.1, 0.15) is 21.5 Å². The van der Waals surface area contributed by atoms with Crippen LogP contribution in [0.25, 0.3) is 0 Å². The summed E-state index contributed by atoms with van der Waals surface area (Å²) in [6.07, 6.45) is 1.37. The summed E-state index contributed by atoms with van der Waals surface area (Å²) in [6.45, 7) is 1.86. The van der Waals surface area contributed by atoms with Crippen LogP contribution in [-0.2, 0) is 0 Å². The van der Waals surface area contributed by atoms with Crippen LogP contribution in [-0.4, -0.2) is 16.1 Å². The molecule has 0 unspecified atom stereocenters. The van der Waals surface area contributed by atoms with Crippen molar-refractivity contribution in [2.45, 2.75) is 6.92 Å². The highest BCUT2D eigenvalue weighted by Crippen LogP contribution is 2.26. The third-order valence-electron chi connectivity index (χ3n) is 2.84. The number of carboxylic acid groups (broad SMARTS) is 1. The van der Waals surface area contributed by atoms with Gasteiger partial charge in [0.15, 0.2) is 5.82 Å². The fourth-order valence-electron chi connectivity index (χ4n) is 1.71. The van der Waals surface area contributed by atoms with Crippen molar-refractivity contribution in [3.8, 4) is 6.07 Å². The Balaban J connectivity index is 2.43. The van der Waals surface area contributed by atoms with E-state index in [1.54, 1.807) is 18.2 Å². The van der Waals surface area contributed by atoms with E-state index in [4.69, 9.17) is 16.1 Å². The number of pyridine rings is 1. The number of anilines is 3. The molecule has 0 aliphatic carbocycles. The molecule has 0 saturated carbocycles. The fourth-order valence-corrected chi connectivity index (χ4v) is 1.71. The number of hydrogen-bond donors (Lipinski definition) is 3. The highest BCUT2D eigenvalue weighted by atomic mass is 16.4. The molecule has 0 fully saturated rings. The Hall–Kier alpha value is -3.07. The van der Waals surface area contributed by atoms with Crippen LogP contribution in [0.15, 0.2) is 30.5 Å². The monoisotopic (exact) mass is 268 g/mol. The molecule has 2 rings (SSSR count).